The Kier molecular flexibility index (Phi) is 3.78. The predicted octanol–water partition coefficient (Wildman–Crippen LogP) is 5.54. The molecule has 1 aromatic heterocycles. The van der Waals surface area contributed by atoms with E-state index in [-0.39, 0.29) is 0 Å². The Hall–Kier alpha value is -2.65. The molecule has 0 aliphatic rings. The Morgan fingerprint density at radius 3 is 2.22 bits per heavy atom. The molecular formula is C20H15NOS. The summed E-state index contributed by atoms with van der Waals surface area (Å²) in [7, 11) is 0. The van der Waals surface area contributed by atoms with Crippen molar-refractivity contribution in [2.24, 2.45) is 0 Å². The molecule has 0 saturated carbocycles. The number of fused-ring (bicyclic) bond motifs is 1. The molecule has 4 aromatic rings. The van der Waals surface area contributed by atoms with Crippen LogP contribution < -0.4 is 4.74 Å². The van der Waals surface area contributed by atoms with Crippen molar-refractivity contribution in [3.63, 3.8) is 0 Å². The third-order valence-corrected chi connectivity index (χ3v) is 4.67. The minimum Gasteiger partial charge on any atom is -0.486 e. The molecule has 0 spiro atoms. The Balaban J connectivity index is 1.47. The lowest BCUT2D eigenvalue weighted by Gasteiger charge is -2.06. The topological polar surface area (TPSA) is 22.1 Å². The highest BCUT2D eigenvalue weighted by Gasteiger charge is 2.04. The molecule has 4 rings (SSSR count). The van der Waals surface area contributed by atoms with Crippen molar-refractivity contribution in [1.29, 1.82) is 0 Å². The molecule has 0 radical (unpaired) electrons. The lowest BCUT2D eigenvalue weighted by molar-refractivity contribution is 0.306. The number of para-hydroxylation sites is 1. The van der Waals surface area contributed by atoms with Gasteiger partial charge in [0.05, 0.1) is 10.2 Å². The van der Waals surface area contributed by atoms with E-state index in [9.17, 15) is 0 Å². The van der Waals surface area contributed by atoms with E-state index in [4.69, 9.17) is 4.74 Å². The summed E-state index contributed by atoms with van der Waals surface area (Å²) in [6.07, 6.45) is 0. The fourth-order valence-corrected chi connectivity index (χ4v) is 3.38. The van der Waals surface area contributed by atoms with Crippen LogP contribution in [0.15, 0.2) is 78.9 Å². The standard InChI is InChI=1S/C20H15NOS/c1-2-6-15(7-3-1)16-10-12-17(13-11-16)22-14-20-21-18-8-4-5-9-19(18)23-20/h1-13H,14H2. The van der Waals surface area contributed by atoms with Crippen LogP contribution in [-0.4, -0.2) is 4.98 Å². The van der Waals surface area contributed by atoms with Gasteiger partial charge in [0.15, 0.2) is 0 Å². The molecule has 0 aliphatic heterocycles. The van der Waals surface area contributed by atoms with Gasteiger partial charge in [0.2, 0.25) is 0 Å². The van der Waals surface area contributed by atoms with E-state index in [1.165, 1.54) is 15.8 Å². The van der Waals surface area contributed by atoms with Crippen LogP contribution in [-0.2, 0) is 6.61 Å². The van der Waals surface area contributed by atoms with Gasteiger partial charge in [0.1, 0.15) is 17.4 Å². The Morgan fingerprint density at radius 1 is 0.739 bits per heavy atom. The average molecular weight is 317 g/mol. The first-order chi connectivity index (χ1) is 11.4. The minimum atomic E-state index is 0.504. The lowest BCUT2D eigenvalue weighted by atomic mass is 10.1. The predicted molar refractivity (Wildman–Crippen MR) is 95.8 cm³/mol. The van der Waals surface area contributed by atoms with Crippen molar-refractivity contribution in [3.05, 3.63) is 83.9 Å². The SMILES string of the molecule is c1ccc(-c2ccc(OCc3nc4ccccc4s3)cc2)cc1. The van der Waals surface area contributed by atoms with E-state index in [0.717, 1.165) is 16.3 Å². The monoisotopic (exact) mass is 317 g/mol. The minimum absolute atomic E-state index is 0.504. The fourth-order valence-electron chi connectivity index (χ4n) is 2.50. The molecule has 2 nitrogen and oxygen atoms in total. The molecule has 0 aliphatic carbocycles. The van der Waals surface area contributed by atoms with Crippen molar-refractivity contribution < 1.29 is 4.74 Å². The number of benzene rings is 3. The number of nitrogens with zero attached hydrogens (tertiary/aromatic N) is 1. The van der Waals surface area contributed by atoms with Gasteiger partial charge in [-0.3, -0.25) is 0 Å². The molecule has 0 atom stereocenters. The van der Waals surface area contributed by atoms with Gasteiger partial charge in [-0.15, -0.1) is 11.3 Å². The highest BCUT2D eigenvalue weighted by molar-refractivity contribution is 7.18. The van der Waals surface area contributed by atoms with Gasteiger partial charge in [-0.25, -0.2) is 4.98 Å². The van der Waals surface area contributed by atoms with Crippen molar-refractivity contribution in [3.8, 4) is 16.9 Å². The largest absolute Gasteiger partial charge is 0.486 e. The van der Waals surface area contributed by atoms with Gasteiger partial charge >= 0.3 is 0 Å². The van der Waals surface area contributed by atoms with E-state index in [1.54, 1.807) is 11.3 Å². The quantitative estimate of drug-likeness (QED) is 0.493. The molecule has 112 valence electrons. The first-order valence-electron chi connectivity index (χ1n) is 7.51. The van der Waals surface area contributed by atoms with Crippen LogP contribution in [0.5, 0.6) is 5.75 Å². The molecule has 0 N–H and O–H groups in total. The second-order valence-electron chi connectivity index (χ2n) is 5.25. The van der Waals surface area contributed by atoms with Gasteiger partial charge in [0.25, 0.3) is 0 Å². The number of hydrogen-bond acceptors (Lipinski definition) is 3. The van der Waals surface area contributed by atoms with E-state index < -0.39 is 0 Å². The highest BCUT2D eigenvalue weighted by Crippen LogP contribution is 2.25. The maximum Gasteiger partial charge on any atom is 0.140 e. The van der Waals surface area contributed by atoms with Crippen LogP contribution in [0.25, 0.3) is 21.3 Å². The number of thiazole rings is 1. The molecule has 3 heteroatoms. The third-order valence-electron chi connectivity index (χ3n) is 3.66. The van der Waals surface area contributed by atoms with Gasteiger partial charge in [0, 0.05) is 0 Å². The highest BCUT2D eigenvalue weighted by atomic mass is 32.1. The molecule has 0 amide bonds. The maximum absolute atomic E-state index is 5.86. The summed E-state index contributed by atoms with van der Waals surface area (Å²) < 4.78 is 7.06. The number of aromatic nitrogens is 1. The van der Waals surface area contributed by atoms with Crippen LogP contribution in [0.1, 0.15) is 5.01 Å². The normalized spacial score (nSPS) is 10.8. The molecule has 0 saturated heterocycles. The van der Waals surface area contributed by atoms with Gasteiger partial charge in [-0.05, 0) is 35.4 Å². The lowest BCUT2D eigenvalue weighted by Crippen LogP contribution is -1.94. The fraction of sp³-hybridized carbons (Fsp3) is 0.0500. The van der Waals surface area contributed by atoms with Gasteiger partial charge in [-0.2, -0.15) is 0 Å². The number of rotatable bonds is 4. The van der Waals surface area contributed by atoms with Crippen molar-refractivity contribution >= 4 is 21.6 Å². The molecule has 1 heterocycles. The second-order valence-corrected chi connectivity index (χ2v) is 6.37. The summed E-state index contributed by atoms with van der Waals surface area (Å²) in [4.78, 5) is 4.59. The van der Waals surface area contributed by atoms with Crippen LogP contribution in [0.3, 0.4) is 0 Å². The van der Waals surface area contributed by atoms with Crippen LogP contribution in [0.2, 0.25) is 0 Å². The summed E-state index contributed by atoms with van der Waals surface area (Å²) in [5.74, 6) is 0.865. The summed E-state index contributed by atoms with van der Waals surface area (Å²) in [6, 6.07) is 26.7. The van der Waals surface area contributed by atoms with Crippen LogP contribution in [0.4, 0.5) is 0 Å². The van der Waals surface area contributed by atoms with E-state index in [1.807, 2.05) is 48.5 Å². The van der Waals surface area contributed by atoms with E-state index >= 15 is 0 Å². The smallest absolute Gasteiger partial charge is 0.140 e. The zero-order valence-electron chi connectivity index (χ0n) is 12.5. The summed E-state index contributed by atoms with van der Waals surface area (Å²) >= 11 is 1.68. The van der Waals surface area contributed by atoms with E-state index in [2.05, 4.69) is 35.3 Å². The van der Waals surface area contributed by atoms with Crippen LogP contribution in [0, 0.1) is 0 Å². The molecular weight excluding hydrogens is 302 g/mol. The molecule has 23 heavy (non-hydrogen) atoms. The Morgan fingerprint density at radius 2 is 1.43 bits per heavy atom. The summed E-state index contributed by atoms with van der Waals surface area (Å²) in [6.45, 7) is 0.504. The first kappa shape index (κ1) is 14.0. The third kappa shape index (κ3) is 3.10. The molecule has 0 unspecified atom stereocenters. The van der Waals surface area contributed by atoms with Gasteiger partial charge in [-0.1, -0.05) is 54.6 Å². The second kappa shape index (κ2) is 6.23. The van der Waals surface area contributed by atoms with Gasteiger partial charge < -0.3 is 4.74 Å². The van der Waals surface area contributed by atoms with Crippen molar-refractivity contribution in [2.75, 3.05) is 0 Å². The Bertz CT molecular complexity index is 880. The summed E-state index contributed by atoms with van der Waals surface area (Å²) in [5.41, 5.74) is 3.44. The first-order valence-corrected chi connectivity index (χ1v) is 8.33. The van der Waals surface area contributed by atoms with Crippen molar-refractivity contribution in [1.82, 2.24) is 4.98 Å². The molecule has 3 aromatic carbocycles. The summed E-state index contributed by atoms with van der Waals surface area (Å²) in [5, 5.41) is 0.998. The zero-order valence-corrected chi connectivity index (χ0v) is 13.3. The zero-order chi connectivity index (χ0) is 15.5. The molecule has 0 bridgehead atoms. The number of ether oxygens (including phenoxy) is 1. The molecule has 0 fully saturated rings. The van der Waals surface area contributed by atoms with Crippen LogP contribution >= 0.6 is 11.3 Å². The number of hydrogen-bond donors (Lipinski definition) is 0. The van der Waals surface area contributed by atoms with E-state index in [0.29, 0.717) is 6.61 Å². The van der Waals surface area contributed by atoms with Crippen molar-refractivity contribution in [2.45, 2.75) is 6.61 Å². The Labute approximate surface area is 139 Å². The average Bonchev–Trinajstić information content (AvgIpc) is 3.04. The maximum atomic E-state index is 5.86.